The summed E-state index contributed by atoms with van der Waals surface area (Å²) < 4.78 is 14.3. The van der Waals surface area contributed by atoms with Crippen LogP contribution in [0, 0.1) is 5.82 Å². The predicted molar refractivity (Wildman–Crippen MR) is 98.5 cm³/mol. The lowest BCUT2D eigenvalue weighted by Gasteiger charge is -2.32. The predicted octanol–water partition coefficient (Wildman–Crippen LogP) is 0.491. The molecule has 1 aromatic carbocycles. The summed E-state index contributed by atoms with van der Waals surface area (Å²) in [5.41, 5.74) is 0.286. The van der Waals surface area contributed by atoms with Gasteiger partial charge in [-0.3, -0.25) is 14.5 Å². The molecule has 2 fully saturated rings. The Kier molecular flexibility index (Phi) is 5.00. The zero-order chi connectivity index (χ0) is 18.8. The number of amides is 1. The molecule has 142 valence electrons. The number of hydrogen-bond acceptors (Lipinski definition) is 5. The largest absolute Gasteiger partial charge is 0.336 e. The highest BCUT2D eigenvalue weighted by Gasteiger charge is 2.32. The van der Waals surface area contributed by atoms with Crippen LogP contribution in [0.5, 0.6) is 0 Å². The molecule has 8 heteroatoms. The van der Waals surface area contributed by atoms with Gasteiger partial charge in [0, 0.05) is 51.4 Å². The summed E-state index contributed by atoms with van der Waals surface area (Å²) in [6.07, 6.45) is 0.948. The summed E-state index contributed by atoms with van der Waals surface area (Å²) >= 11 is 0. The minimum atomic E-state index is -0.393. The molecule has 0 aliphatic carbocycles. The van der Waals surface area contributed by atoms with Gasteiger partial charge in [-0.1, -0.05) is 0 Å². The molecule has 27 heavy (non-hydrogen) atoms. The molecule has 0 radical (unpaired) electrons. The van der Waals surface area contributed by atoms with Crippen LogP contribution in [0.1, 0.15) is 16.9 Å². The van der Waals surface area contributed by atoms with Crippen molar-refractivity contribution >= 4 is 5.91 Å². The molecule has 1 N–H and O–H groups in total. The molecule has 7 nitrogen and oxygen atoms in total. The van der Waals surface area contributed by atoms with E-state index in [2.05, 4.69) is 15.3 Å². The van der Waals surface area contributed by atoms with Gasteiger partial charge in [-0.05, 0) is 36.8 Å². The van der Waals surface area contributed by atoms with Crippen LogP contribution in [-0.4, -0.2) is 70.8 Å². The standard InChI is InChI=1S/C19H22FN5O2/c20-14-1-3-15(4-2-14)25-18(26)6-5-17(22-25)19(27)24-10-7-16(13-24)23-11-8-21-9-12-23/h1-6,16,21H,7-13H2. The van der Waals surface area contributed by atoms with Gasteiger partial charge in [-0.2, -0.15) is 9.78 Å². The highest BCUT2D eigenvalue weighted by Crippen LogP contribution is 2.18. The number of benzene rings is 1. The number of aromatic nitrogens is 2. The molecular formula is C19H22FN5O2. The van der Waals surface area contributed by atoms with Gasteiger partial charge in [0.15, 0.2) is 0 Å². The van der Waals surface area contributed by atoms with Crippen molar-refractivity contribution in [1.29, 1.82) is 0 Å². The molecule has 2 aliphatic rings. The molecule has 2 saturated heterocycles. The van der Waals surface area contributed by atoms with E-state index in [1.165, 1.54) is 36.4 Å². The van der Waals surface area contributed by atoms with Gasteiger partial charge in [0.25, 0.3) is 11.5 Å². The van der Waals surface area contributed by atoms with Crippen molar-refractivity contribution in [3.8, 4) is 5.69 Å². The van der Waals surface area contributed by atoms with Crippen molar-refractivity contribution in [2.24, 2.45) is 0 Å². The fourth-order valence-electron chi connectivity index (χ4n) is 3.73. The fraction of sp³-hybridized carbons (Fsp3) is 0.421. The number of rotatable bonds is 3. The Hall–Kier alpha value is -2.58. The van der Waals surface area contributed by atoms with Crippen LogP contribution in [0.4, 0.5) is 4.39 Å². The number of nitrogens with zero attached hydrogens (tertiary/aromatic N) is 4. The lowest BCUT2D eigenvalue weighted by Crippen LogP contribution is -2.49. The second-order valence-electron chi connectivity index (χ2n) is 6.92. The number of carbonyl (C=O) groups excluding carboxylic acids is 1. The van der Waals surface area contributed by atoms with E-state index in [4.69, 9.17) is 0 Å². The zero-order valence-corrected chi connectivity index (χ0v) is 15.0. The highest BCUT2D eigenvalue weighted by molar-refractivity contribution is 5.92. The first-order valence-corrected chi connectivity index (χ1v) is 9.22. The Bertz CT molecular complexity index is 876. The van der Waals surface area contributed by atoms with E-state index in [0.717, 1.165) is 37.3 Å². The molecule has 1 unspecified atom stereocenters. The summed E-state index contributed by atoms with van der Waals surface area (Å²) in [7, 11) is 0. The van der Waals surface area contributed by atoms with Crippen molar-refractivity contribution < 1.29 is 9.18 Å². The highest BCUT2D eigenvalue weighted by atomic mass is 19.1. The SMILES string of the molecule is O=C(c1ccc(=O)n(-c2ccc(F)cc2)n1)N1CCC(N2CCNCC2)C1. The molecule has 1 atom stereocenters. The van der Waals surface area contributed by atoms with Crippen molar-refractivity contribution in [2.75, 3.05) is 39.3 Å². The molecule has 1 amide bonds. The van der Waals surface area contributed by atoms with Crippen LogP contribution < -0.4 is 10.9 Å². The number of nitrogens with one attached hydrogen (secondary N) is 1. The molecule has 2 aromatic rings. The van der Waals surface area contributed by atoms with Gasteiger partial charge in [-0.25, -0.2) is 4.39 Å². The molecule has 0 saturated carbocycles. The van der Waals surface area contributed by atoms with Gasteiger partial charge >= 0.3 is 0 Å². The molecule has 0 spiro atoms. The fourth-order valence-corrected chi connectivity index (χ4v) is 3.73. The normalized spacial score (nSPS) is 20.8. The maximum absolute atomic E-state index is 13.1. The summed E-state index contributed by atoms with van der Waals surface area (Å²) in [5, 5.41) is 7.56. The van der Waals surface area contributed by atoms with E-state index < -0.39 is 5.82 Å². The number of halogens is 1. The maximum Gasteiger partial charge on any atom is 0.274 e. The second kappa shape index (κ2) is 7.58. The molecule has 3 heterocycles. The smallest absolute Gasteiger partial charge is 0.274 e. The Morgan fingerprint density at radius 2 is 1.81 bits per heavy atom. The van der Waals surface area contributed by atoms with E-state index in [-0.39, 0.29) is 17.2 Å². The molecule has 1 aromatic heterocycles. The van der Waals surface area contributed by atoms with Gasteiger partial charge in [0.2, 0.25) is 0 Å². The maximum atomic E-state index is 13.1. The topological polar surface area (TPSA) is 70.5 Å². The first-order chi connectivity index (χ1) is 13.1. The zero-order valence-electron chi connectivity index (χ0n) is 15.0. The summed E-state index contributed by atoms with van der Waals surface area (Å²) in [6, 6.07) is 8.62. The van der Waals surface area contributed by atoms with Gasteiger partial charge in [0.1, 0.15) is 11.5 Å². The average Bonchev–Trinajstić information content (AvgIpc) is 3.19. The van der Waals surface area contributed by atoms with Gasteiger partial charge in [0.05, 0.1) is 5.69 Å². The van der Waals surface area contributed by atoms with Gasteiger partial charge in [-0.15, -0.1) is 0 Å². The van der Waals surface area contributed by atoms with Gasteiger partial charge < -0.3 is 10.2 Å². The minimum Gasteiger partial charge on any atom is -0.336 e. The van der Waals surface area contributed by atoms with Crippen LogP contribution in [0.15, 0.2) is 41.2 Å². The summed E-state index contributed by atoms with van der Waals surface area (Å²) in [4.78, 5) is 29.2. The number of likely N-dealkylation sites (tertiary alicyclic amines) is 1. The molecule has 2 aliphatic heterocycles. The van der Waals surface area contributed by atoms with Crippen molar-refractivity contribution in [3.05, 3.63) is 58.3 Å². The Balaban J connectivity index is 1.51. The third-order valence-electron chi connectivity index (χ3n) is 5.21. The lowest BCUT2D eigenvalue weighted by atomic mass is 10.2. The summed E-state index contributed by atoms with van der Waals surface area (Å²) in [5.74, 6) is -0.571. The average molecular weight is 371 g/mol. The van der Waals surface area contributed by atoms with E-state index in [1.54, 1.807) is 4.90 Å². The first-order valence-electron chi connectivity index (χ1n) is 9.22. The van der Waals surface area contributed by atoms with Crippen LogP contribution in [0.3, 0.4) is 0 Å². The molecular weight excluding hydrogens is 349 g/mol. The van der Waals surface area contributed by atoms with Crippen LogP contribution in [0.25, 0.3) is 5.69 Å². The monoisotopic (exact) mass is 371 g/mol. The summed E-state index contributed by atoms with van der Waals surface area (Å²) in [6.45, 7) is 5.32. The Labute approximate surface area is 156 Å². The number of carbonyl (C=O) groups is 1. The van der Waals surface area contributed by atoms with E-state index in [1.807, 2.05) is 0 Å². The van der Waals surface area contributed by atoms with Crippen LogP contribution >= 0.6 is 0 Å². The van der Waals surface area contributed by atoms with Crippen molar-refractivity contribution in [1.82, 2.24) is 24.9 Å². The van der Waals surface area contributed by atoms with Crippen LogP contribution in [-0.2, 0) is 0 Å². The first kappa shape index (κ1) is 17.8. The second-order valence-corrected chi connectivity index (χ2v) is 6.92. The minimum absolute atomic E-state index is 0.177. The van der Waals surface area contributed by atoms with E-state index in [0.29, 0.717) is 24.8 Å². The number of hydrogen-bond donors (Lipinski definition) is 1. The number of piperazine rings is 1. The van der Waals surface area contributed by atoms with Crippen LogP contribution in [0.2, 0.25) is 0 Å². The molecule has 4 rings (SSSR count). The van der Waals surface area contributed by atoms with Crippen molar-refractivity contribution in [3.63, 3.8) is 0 Å². The van der Waals surface area contributed by atoms with Crippen molar-refractivity contribution in [2.45, 2.75) is 12.5 Å². The molecule has 0 bridgehead atoms. The Morgan fingerprint density at radius 1 is 1.07 bits per heavy atom. The Morgan fingerprint density at radius 3 is 2.56 bits per heavy atom. The van der Waals surface area contributed by atoms with E-state index in [9.17, 15) is 14.0 Å². The third-order valence-corrected chi connectivity index (χ3v) is 5.21. The quantitative estimate of drug-likeness (QED) is 0.851. The van der Waals surface area contributed by atoms with E-state index >= 15 is 0 Å². The lowest BCUT2D eigenvalue weighted by molar-refractivity contribution is 0.0765. The third kappa shape index (κ3) is 3.77.